The van der Waals surface area contributed by atoms with Crippen molar-refractivity contribution in [2.45, 2.75) is 32.7 Å². The van der Waals surface area contributed by atoms with Gasteiger partial charge in [-0.2, -0.15) is 0 Å². The fraction of sp³-hybridized carbons (Fsp3) is 0.357. The second-order valence-corrected chi connectivity index (χ2v) is 5.28. The van der Waals surface area contributed by atoms with Crippen LogP contribution in [-0.4, -0.2) is 15.5 Å². The predicted octanol–water partition coefficient (Wildman–Crippen LogP) is 2.66. The molecular weight excluding hydrogens is 210 g/mol. The van der Waals surface area contributed by atoms with E-state index in [1.165, 1.54) is 11.1 Å². The zero-order valence-electron chi connectivity index (χ0n) is 10.6. The fourth-order valence-electron chi connectivity index (χ4n) is 1.84. The summed E-state index contributed by atoms with van der Waals surface area (Å²) in [4.78, 5) is 7.69. The van der Waals surface area contributed by atoms with E-state index in [4.69, 9.17) is 5.73 Å². The zero-order chi connectivity index (χ0) is 12.5. The Labute approximate surface area is 102 Å². The highest BCUT2D eigenvalue weighted by molar-refractivity contribution is 5.59. The van der Waals surface area contributed by atoms with Crippen molar-refractivity contribution in [1.82, 2.24) is 9.97 Å². The quantitative estimate of drug-likeness (QED) is 0.850. The molecule has 0 spiro atoms. The van der Waals surface area contributed by atoms with Gasteiger partial charge in [-0.1, -0.05) is 23.8 Å². The second-order valence-electron chi connectivity index (χ2n) is 5.28. The number of imidazole rings is 1. The van der Waals surface area contributed by atoms with Crippen molar-refractivity contribution >= 4 is 0 Å². The van der Waals surface area contributed by atoms with Crippen LogP contribution in [0, 0.1) is 6.92 Å². The average Bonchev–Trinajstić information content (AvgIpc) is 2.63. The van der Waals surface area contributed by atoms with E-state index in [-0.39, 0.29) is 5.54 Å². The lowest BCUT2D eigenvalue weighted by Crippen LogP contribution is -2.34. The molecule has 1 aromatic carbocycles. The Morgan fingerprint density at radius 1 is 1.35 bits per heavy atom. The van der Waals surface area contributed by atoms with E-state index in [0.717, 1.165) is 17.9 Å². The molecule has 0 aliphatic carbocycles. The normalized spacial score (nSPS) is 11.8. The minimum absolute atomic E-state index is 0.234. The van der Waals surface area contributed by atoms with Gasteiger partial charge in [-0.15, -0.1) is 0 Å². The summed E-state index contributed by atoms with van der Waals surface area (Å²) < 4.78 is 0. The second kappa shape index (κ2) is 4.34. The Morgan fingerprint density at radius 3 is 2.76 bits per heavy atom. The maximum absolute atomic E-state index is 5.98. The van der Waals surface area contributed by atoms with Gasteiger partial charge < -0.3 is 10.7 Å². The van der Waals surface area contributed by atoms with E-state index in [1.54, 1.807) is 0 Å². The molecule has 3 heteroatoms. The molecule has 2 aromatic rings. The standard InChI is InChI=1S/C14H19N3/c1-10-5-4-6-11(7-10)12-9-16-13(17-12)8-14(2,3)15/h4-7,9H,8,15H2,1-3H3,(H,16,17). The summed E-state index contributed by atoms with van der Waals surface area (Å²) in [6.45, 7) is 6.09. The van der Waals surface area contributed by atoms with Gasteiger partial charge in [0.05, 0.1) is 11.9 Å². The molecule has 0 unspecified atom stereocenters. The van der Waals surface area contributed by atoms with Crippen LogP contribution in [0.5, 0.6) is 0 Å². The van der Waals surface area contributed by atoms with Gasteiger partial charge in [-0.25, -0.2) is 4.98 Å². The number of aryl methyl sites for hydroxylation is 1. The van der Waals surface area contributed by atoms with Gasteiger partial charge in [0.1, 0.15) is 5.82 Å². The van der Waals surface area contributed by atoms with Gasteiger partial charge in [-0.05, 0) is 32.4 Å². The number of nitrogens with zero attached hydrogens (tertiary/aromatic N) is 1. The topological polar surface area (TPSA) is 54.7 Å². The molecule has 0 atom stereocenters. The van der Waals surface area contributed by atoms with Crippen LogP contribution in [0.1, 0.15) is 25.2 Å². The number of H-pyrrole nitrogens is 1. The van der Waals surface area contributed by atoms with Gasteiger partial charge >= 0.3 is 0 Å². The molecule has 0 bridgehead atoms. The van der Waals surface area contributed by atoms with Crippen molar-refractivity contribution in [3.8, 4) is 11.3 Å². The van der Waals surface area contributed by atoms with Crippen LogP contribution in [0.3, 0.4) is 0 Å². The summed E-state index contributed by atoms with van der Waals surface area (Å²) in [5, 5.41) is 0. The number of nitrogens with one attached hydrogen (secondary N) is 1. The largest absolute Gasteiger partial charge is 0.342 e. The average molecular weight is 229 g/mol. The Balaban J connectivity index is 2.24. The highest BCUT2D eigenvalue weighted by Crippen LogP contribution is 2.19. The third kappa shape index (κ3) is 3.17. The Bertz CT molecular complexity index is 506. The molecule has 0 saturated carbocycles. The summed E-state index contributed by atoms with van der Waals surface area (Å²) in [6, 6.07) is 8.37. The van der Waals surface area contributed by atoms with Crippen LogP contribution >= 0.6 is 0 Å². The maximum atomic E-state index is 5.98. The first-order valence-electron chi connectivity index (χ1n) is 5.84. The summed E-state index contributed by atoms with van der Waals surface area (Å²) in [5.41, 5.74) is 9.21. The van der Waals surface area contributed by atoms with E-state index < -0.39 is 0 Å². The van der Waals surface area contributed by atoms with E-state index in [0.29, 0.717) is 0 Å². The minimum Gasteiger partial charge on any atom is -0.342 e. The first-order chi connectivity index (χ1) is 7.94. The Hall–Kier alpha value is -1.61. The molecule has 90 valence electrons. The zero-order valence-corrected chi connectivity index (χ0v) is 10.6. The molecule has 3 nitrogen and oxygen atoms in total. The van der Waals surface area contributed by atoms with Crippen molar-refractivity contribution in [1.29, 1.82) is 0 Å². The maximum Gasteiger partial charge on any atom is 0.108 e. The molecule has 17 heavy (non-hydrogen) atoms. The highest BCUT2D eigenvalue weighted by atomic mass is 14.9. The molecule has 1 aromatic heterocycles. The first kappa shape index (κ1) is 11.9. The van der Waals surface area contributed by atoms with Crippen LogP contribution in [0.2, 0.25) is 0 Å². The van der Waals surface area contributed by atoms with Gasteiger partial charge in [-0.3, -0.25) is 0 Å². The van der Waals surface area contributed by atoms with E-state index >= 15 is 0 Å². The third-order valence-electron chi connectivity index (χ3n) is 2.58. The number of aromatic amines is 1. The monoisotopic (exact) mass is 229 g/mol. The number of rotatable bonds is 3. The number of hydrogen-bond acceptors (Lipinski definition) is 2. The molecule has 0 radical (unpaired) electrons. The van der Waals surface area contributed by atoms with Gasteiger partial charge in [0.15, 0.2) is 0 Å². The number of hydrogen-bond donors (Lipinski definition) is 2. The lowest BCUT2D eigenvalue weighted by molar-refractivity contribution is 0.505. The van der Waals surface area contributed by atoms with Crippen molar-refractivity contribution in [3.63, 3.8) is 0 Å². The number of nitrogens with two attached hydrogens (primary N) is 1. The van der Waals surface area contributed by atoms with Crippen LogP contribution in [0.15, 0.2) is 30.5 Å². The SMILES string of the molecule is Cc1cccc(-c2cnc(CC(C)(C)N)[nH]2)c1. The molecule has 3 N–H and O–H groups in total. The lowest BCUT2D eigenvalue weighted by Gasteiger charge is -2.15. The smallest absolute Gasteiger partial charge is 0.108 e. The van der Waals surface area contributed by atoms with E-state index in [9.17, 15) is 0 Å². The summed E-state index contributed by atoms with van der Waals surface area (Å²) in [5.74, 6) is 0.939. The molecular formula is C14H19N3. The molecule has 0 amide bonds. The molecule has 2 rings (SSSR count). The van der Waals surface area contributed by atoms with Crippen LogP contribution < -0.4 is 5.73 Å². The highest BCUT2D eigenvalue weighted by Gasteiger charge is 2.14. The molecule has 0 aliphatic heterocycles. The van der Waals surface area contributed by atoms with Crippen molar-refractivity contribution in [2.24, 2.45) is 5.73 Å². The lowest BCUT2D eigenvalue weighted by atomic mass is 10.0. The van der Waals surface area contributed by atoms with Gasteiger partial charge in [0.25, 0.3) is 0 Å². The summed E-state index contributed by atoms with van der Waals surface area (Å²) in [6.07, 6.45) is 2.62. The fourth-order valence-corrected chi connectivity index (χ4v) is 1.84. The first-order valence-corrected chi connectivity index (χ1v) is 5.84. The predicted molar refractivity (Wildman–Crippen MR) is 70.7 cm³/mol. The number of benzene rings is 1. The van der Waals surface area contributed by atoms with E-state index in [1.807, 2.05) is 20.0 Å². The minimum atomic E-state index is -0.234. The van der Waals surface area contributed by atoms with Crippen molar-refractivity contribution in [3.05, 3.63) is 41.9 Å². The third-order valence-corrected chi connectivity index (χ3v) is 2.58. The summed E-state index contributed by atoms with van der Waals surface area (Å²) in [7, 11) is 0. The molecule has 0 fully saturated rings. The summed E-state index contributed by atoms with van der Waals surface area (Å²) >= 11 is 0. The van der Waals surface area contributed by atoms with Gasteiger partial charge in [0, 0.05) is 12.0 Å². The van der Waals surface area contributed by atoms with Crippen LogP contribution in [0.4, 0.5) is 0 Å². The van der Waals surface area contributed by atoms with Crippen LogP contribution in [-0.2, 0) is 6.42 Å². The number of aromatic nitrogens is 2. The van der Waals surface area contributed by atoms with E-state index in [2.05, 4.69) is 41.2 Å². The Kier molecular flexibility index (Phi) is 3.03. The molecule has 1 heterocycles. The Morgan fingerprint density at radius 2 is 2.12 bits per heavy atom. The van der Waals surface area contributed by atoms with Crippen molar-refractivity contribution < 1.29 is 0 Å². The van der Waals surface area contributed by atoms with Crippen LogP contribution in [0.25, 0.3) is 11.3 Å². The molecule has 0 aliphatic rings. The van der Waals surface area contributed by atoms with Crippen molar-refractivity contribution in [2.75, 3.05) is 0 Å². The molecule has 0 saturated heterocycles. The van der Waals surface area contributed by atoms with Gasteiger partial charge in [0.2, 0.25) is 0 Å².